The molecule has 6 heteroatoms. The van der Waals surface area contributed by atoms with Crippen LogP contribution < -0.4 is 5.73 Å². The molecule has 0 amide bonds. The fourth-order valence-electron chi connectivity index (χ4n) is 1.04. The minimum absolute atomic E-state index is 0.482. The second-order valence-electron chi connectivity index (χ2n) is 2.39. The van der Waals surface area contributed by atoms with E-state index in [9.17, 15) is 0 Å². The van der Waals surface area contributed by atoms with Crippen LogP contribution in [-0.4, -0.2) is 20.2 Å². The van der Waals surface area contributed by atoms with Gasteiger partial charge in [0, 0.05) is 0 Å². The molecule has 0 unspecified atom stereocenters. The Morgan fingerprint density at radius 3 is 2.92 bits per heavy atom. The Hall–Kier alpha value is -0.920. The zero-order valence-corrected chi connectivity index (χ0v) is 8.45. The van der Waals surface area contributed by atoms with Gasteiger partial charge in [0.05, 0.1) is 5.39 Å². The van der Waals surface area contributed by atoms with Crippen LogP contribution in [-0.2, 0) is 0 Å². The Kier molecular flexibility index (Phi) is 1.63. The standard InChI is InChI=1S/C6H6IN5/c1-2-9-5(8)3-4(7)11-12-6(3)10-2/h1H3,(H3,8,9,10,11,12). The number of nitrogen functional groups attached to an aromatic ring is 1. The van der Waals surface area contributed by atoms with Crippen LogP contribution in [0.1, 0.15) is 5.82 Å². The molecule has 2 aromatic rings. The molecule has 0 aliphatic carbocycles. The van der Waals surface area contributed by atoms with Crippen LogP contribution >= 0.6 is 22.6 Å². The first-order valence-corrected chi connectivity index (χ1v) is 4.40. The SMILES string of the molecule is Cc1nc(N)c2c(I)n[nH]c2n1. The minimum Gasteiger partial charge on any atom is -0.383 e. The summed E-state index contributed by atoms with van der Waals surface area (Å²) >= 11 is 2.09. The third-order valence-corrected chi connectivity index (χ3v) is 2.30. The molecule has 62 valence electrons. The Balaban J connectivity index is 2.93. The van der Waals surface area contributed by atoms with Gasteiger partial charge in [-0.3, -0.25) is 5.10 Å². The number of rotatable bonds is 0. The lowest BCUT2D eigenvalue weighted by Gasteiger charge is -1.95. The van der Waals surface area contributed by atoms with Gasteiger partial charge in [-0.25, -0.2) is 9.97 Å². The van der Waals surface area contributed by atoms with Crippen LogP contribution in [0.4, 0.5) is 5.82 Å². The van der Waals surface area contributed by atoms with E-state index >= 15 is 0 Å². The summed E-state index contributed by atoms with van der Waals surface area (Å²) in [6.45, 7) is 1.80. The molecule has 0 spiro atoms. The molecule has 3 N–H and O–H groups in total. The molecule has 2 heterocycles. The summed E-state index contributed by atoms with van der Waals surface area (Å²) < 4.78 is 0.806. The maximum Gasteiger partial charge on any atom is 0.162 e. The molecule has 12 heavy (non-hydrogen) atoms. The first-order valence-electron chi connectivity index (χ1n) is 3.32. The largest absolute Gasteiger partial charge is 0.383 e. The van der Waals surface area contributed by atoms with Gasteiger partial charge in [-0.2, -0.15) is 5.10 Å². The summed E-state index contributed by atoms with van der Waals surface area (Å²) in [5.74, 6) is 1.13. The lowest BCUT2D eigenvalue weighted by atomic mass is 10.4. The Morgan fingerprint density at radius 1 is 1.42 bits per heavy atom. The van der Waals surface area contributed by atoms with Gasteiger partial charge >= 0.3 is 0 Å². The van der Waals surface area contributed by atoms with E-state index in [-0.39, 0.29) is 0 Å². The van der Waals surface area contributed by atoms with Gasteiger partial charge in [0.15, 0.2) is 5.65 Å². The number of fused-ring (bicyclic) bond motifs is 1. The predicted octanol–water partition coefficient (Wildman–Crippen LogP) is 0.848. The number of anilines is 1. The van der Waals surface area contributed by atoms with Crippen LogP contribution in [0.15, 0.2) is 0 Å². The molecular formula is C6H6IN5. The second-order valence-corrected chi connectivity index (χ2v) is 3.42. The van der Waals surface area contributed by atoms with Crippen molar-refractivity contribution in [1.29, 1.82) is 0 Å². The molecule has 0 aliphatic rings. The quantitative estimate of drug-likeness (QED) is 0.698. The minimum atomic E-state index is 0.482. The van der Waals surface area contributed by atoms with Gasteiger partial charge < -0.3 is 5.73 Å². The zero-order chi connectivity index (χ0) is 8.72. The van der Waals surface area contributed by atoms with Crippen molar-refractivity contribution in [3.05, 3.63) is 9.53 Å². The van der Waals surface area contributed by atoms with Gasteiger partial charge in [0.2, 0.25) is 0 Å². The third-order valence-electron chi connectivity index (χ3n) is 1.52. The average molecular weight is 275 g/mol. The van der Waals surface area contributed by atoms with E-state index < -0.39 is 0 Å². The van der Waals surface area contributed by atoms with Crippen molar-refractivity contribution < 1.29 is 0 Å². The number of hydrogen-bond donors (Lipinski definition) is 2. The molecule has 2 aromatic heterocycles. The van der Waals surface area contributed by atoms with E-state index in [1.807, 2.05) is 0 Å². The van der Waals surface area contributed by atoms with Gasteiger partial charge in [-0.15, -0.1) is 0 Å². The number of halogens is 1. The lowest BCUT2D eigenvalue weighted by molar-refractivity contribution is 1.04. The summed E-state index contributed by atoms with van der Waals surface area (Å²) in [6.07, 6.45) is 0. The van der Waals surface area contributed by atoms with E-state index in [1.165, 1.54) is 0 Å². The van der Waals surface area contributed by atoms with Crippen LogP contribution in [0.2, 0.25) is 0 Å². The first-order chi connectivity index (χ1) is 5.68. The van der Waals surface area contributed by atoms with Crippen LogP contribution in [0, 0.1) is 10.6 Å². The maximum atomic E-state index is 5.69. The fourth-order valence-corrected chi connectivity index (χ4v) is 1.69. The summed E-state index contributed by atoms with van der Waals surface area (Å²) in [7, 11) is 0. The molecule has 0 aromatic carbocycles. The molecule has 0 radical (unpaired) electrons. The van der Waals surface area contributed by atoms with Crippen molar-refractivity contribution in [2.24, 2.45) is 0 Å². The van der Waals surface area contributed by atoms with Crippen molar-refractivity contribution in [3.8, 4) is 0 Å². The van der Waals surface area contributed by atoms with E-state index in [0.717, 1.165) is 9.09 Å². The topological polar surface area (TPSA) is 80.5 Å². The van der Waals surface area contributed by atoms with Gasteiger partial charge in [0.25, 0.3) is 0 Å². The number of nitrogens with two attached hydrogens (primary N) is 1. The number of aromatic amines is 1. The van der Waals surface area contributed by atoms with E-state index in [4.69, 9.17) is 5.73 Å². The molecule has 2 rings (SSSR count). The Morgan fingerprint density at radius 2 is 2.17 bits per heavy atom. The highest BCUT2D eigenvalue weighted by Gasteiger charge is 2.08. The summed E-state index contributed by atoms with van der Waals surface area (Å²) in [5, 5.41) is 7.56. The van der Waals surface area contributed by atoms with Crippen molar-refractivity contribution in [3.63, 3.8) is 0 Å². The summed E-state index contributed by atoms with van der Waals surface area (Å²) in [5.41, 5.74) is 6.38. The molecule has 0 fully saturated rings. The number of aromatic nitrogens is 4. The monoisotopic (exact) mass is 275 g/mol. The molecule has 0 saturated heterocycles. The Bertz CT molecular complexity index is 435. The van der Waals surface area contributed by atoms with Gasteiger partial charge in [0.1, 0.15) is 15.3 Å². The van der Waals surface area contributed by atoms with Gasteiger partial charge in [-0.1, -0.05) is 0 Å². The van der Waals surface area contributed by atoms with Crippen molar-refractivity contribution in [2.45, 2.75) is 6.92 Å². The van der Waals surface area contributed by atoms with Crippen molar-refractivity contribution >= 4 is 39.4 Å². The average Bonchev–Trinajstić information content (AvgIpc) is 2.31. The third kappa shape index (κ3) is 1.02. The number of hydrogen-bond acceptors (Lipinski definition) is 4. The molecule has 0 saturated carbocycles. The van der Waals surface area contributed by atoms with E-state index in [1.54, 1.807) is 6.92 Å². The number of H-pyrrole nitrogens is 1. The first kappa shape index (κ1) is 7.71. The van der Waals surface area contributed by atoms with Crippen LogP contribution in [0.5, 0.6) is 0 Å². The number of nitrogens with one attached hydrogen (secondary N) is 1. The van der Waals surface area contributed by atoms with E-state index in [2.05, 4.69) is 42.8 Å². The maximum absolute atomic E-state index is 5.69. The zero-order valence-electron chi connectivity index (χ0n) is 6.30. The normalized spacial score (nSPS) is 10.8. The number of nitrogens with zero attached hydrogens (tertiary/aromatic N) is 3. The van der Waals surface area contributed by atoms with Crippen molar-refractivity contribution in [1.82, 2.24) is 20.2 Å². The Labute approximate surface area is 81.9 Å². The smallest absolute Gasteiger partial charge is 0.162 e. The number of aryl methyl sites for hydroxylation is 1. The molecule has 5 nitrogen and oxygen atoms in total. The van der Waals surface area contributed by atoms with Crippen LogP contribution in [0.3, 0.4) is 0 Å². The second kappa shape index (κ2) is 2.54. The molecule has 0 atom stereocenters. The molecule has 0 bridgehead atoms. The van der Waals surface area contributed by atoms with Gasteiger partial charge in [-0.05, 0) is 29.5 Å². The fraction of sp³-hybridized carbons (Fsp3) is 0.167. The summed E-state index contributed by atoms with van der Waals surface area (Å²) in [4.78, 5) is 8.18. The van der Waals surface area contributed by atoms with E-state index in [0.29, 0.717) is 17.3 Å². The highest BCUT2D eigenvalue weighted by Crippen LogP contribution is 2.20. The highest BCUT2D eigenvalue weighted by atomic mass is 127. The molecule has 0 aliphatic heterocycles. The van der Waals surface area contributed by atoms with Crippen molar-refractivity contribution in [2.75, 3.05) is 5.73 Å². The van der Waals surface area contributed by atoms with Crippen LogP contribution in [0.25, 0.3) is 11.0 Å². The summed E-state index contributed by atoms with van der Waals surface area (Å²) in [6, 6.07) is 0. The lowest BCUT2D eigenvalue weighted by Crippen LogP contribution is -1.96. The predicted molar refractivity (Wildman–Crippen MR) is 53.6 cm³/mol. The highest BCUT2D eigenvalue weighted by molar-refractivity contribution is 14.1. The molecular weight excluding hydrogens is 269 g/mol.